The molecule has 0 atom stereocenters. The van der Waals surface area contributed by atoms with E-state index in [1.54, 1.807) is 46.1 Å². The largest absolute Gasteiger partial charge is 0.380 e. The number of amides is 1. The normalized spacial score (nSPS) is 11.2. The van der Waals surface area contributed by atoms with Crippen molar-refractivity contribution in [3.63, 3.8) is 0 Å². The molecular weight excluding hydrogens is 352 g/mol. The average molecular weight is 374 g/mol. The van der Waals surface area contributed by atoms with E-state index in [1.165, 1.54) is 0 Å². The fourth-order valence-corrected chi connectivity index (χ4v) is 3.61. The number of nitrogens with zero attached hydrogens (tertiary/aromatic N) is 3. The summed E-state index contributed by atoms with van der Waals surface area (Å²) in [7, 11) is 1.75. The molecular formula is C18H22N4O3S. The molecule has 138 valence electrons. The van der Waals surface area contributed by atoms with Gasteiger partial charge in [0.05, 0.1) is 30.7 Å². The molecule has 1 N–H and O–H groups in total. The summed E-state index contributed by atoms with van der Waals surface area (Å²) in [6, 6.07) is 5.27. The number of aromatic amines is 1. The topological polar surface area (TPSA) is 80.2 Å². The van der Waals surface area contributed by atoms with Crippen LogP contribution in [-0.4, -0.2) is 45.6 Å². The van der Waals surface area contributed by atoms with Crippen LogP contribution < -0.4 is 5.69 Å². The minimum atomic E-state index is -0.198. The Morgan fingerprint density at radius 3 is 2.92 bits per heavy atom. The number of aromatic nitrogens is 3. The summed E-state index contributed by atoms with van der Waals surface area (Å²) < 4.78 is 6.95. The summed E-state index contributed by atoms with van der Waals surface area (Å²) in [6.45, 7) is 5.87. The predicted molar refractivity (Wildman–Crippen MR) is 102 cm³/mol. The Labute approximate surface area is 155 Å². The van der Waals surface area contributed by atoms with Crippen LogP contribution in [0.15, 0.2) is 28.4 Å². The smallest absolute Gasteiger partial charge is 0.326 e. The van der Waals surface area contributed by atoms with E-state index in [0.29, 0.717) is 37.4 Å². The van der Waals surface area contributed by atoms with Gasteiger partial charge in [0.2, 0.25) is 0 Å². The van der Waals surface area contributed by atoms with Crippen molar-refractivity contribution in [1.29, 1.82) is 0 Å². The molecule has 1 aromatic carbocycles. The number of aryl methyl sites for hydroxylation is 1. The predicted octanol–water partition coefficient (Wildman–Crippen LogP) is 2.40. The van der Waals surface area contributed by atoms with Crippen LogP contribution >= 0.6 is 11.3 Å². The summed E-state index contributed by atoms with van der Waals surface area (Å²) >= 11 is 1.54. The summed E-state index contributed by atoms with van der Waals surface area (Å²) in [5, 5.41) is 2.87. The van der Waals surface area contributed by atoms with Gasteiger partial charge in [-0.15, -0.1) is 11.3 Å². The SMILES string of the molecule is CCOCCn1c(=O)[nH]c2cc(C(=O)N(C)Cc3nc(C)cs3)ccc21. The number of rotatable bonds is 7. The van der Waals surface area contributed by atoms with Gasteiger partial charge in [0.25, 0.3) is 5.91 Å². The molecule has 0 aliphatic rings. The van der Waals surface area contributed by atoms with Crippen LogP contribution in [0, 0.1) is 6.92 Å². The Balaban J connectivity index is 1.79. The number of carbonyl (C=O) groups excluding carboxylic acids is 1. The molecule has 0 aliphatic carbocycles. The molecule has 0 saturated carbocycles. The number of H-pyrrole nitrogens is 1. The van der Waals surface area contributed by atoms with Crippen molar-refractivity contribution in [2.45, 2.75) is 26.9 Å². The number of fused-ring (bicyclic) bond motifs is 1. The zero-order valence-corrected chi connectivity index (χ0v) is 15.9. The van der Waals surface area contributed by atoms with Crippen molar-refractivity contribution in [2.24, 2.45) is 0 Å². The Kier molecular flexibility index (Phi) is 5.53. The molecule has 7 nitrogen and oxygen atoms in total. The van der Waals surface area contributed by atoms with E-state index in [2.05, 4.69) is 9.97 Å². The lowest BCUT2D eigenvalue weighted by Gasteiger charge is -2.15. The van der Waals surface area contributed by atoms with Gasteiger partial charge in [-0.05, 0) is 32.0 Å². The third-order valence-electron chi connectivity index (χ3n) is 4.07. The first-order chi connectivity index (χ1) is 12.5. The van der Waals surface area contributed by atoms with Crippen LogP contribution in [0.2, 0.25) is 0 Å². The molecule has 3 aromatic rings. The van der Waals surface area contributed by atoms with Gasteiger partial charge >= 0.3 is 5.69 Å². The maximum Gasteiger partial charge on any atom is 0.326 e. The monoisotopic (exact) mass is 374 g/mol. The summed E-state index contributed by atoms with van der Waals surface area (Å²) in [5.74, 6) is -0.109. The van der Waals surface area contributed by atoms with E-state index in [0.717, 1.165) is 16.2 Å². The fourth-order valence-electron chi connectivity index (χ4n) is 2.79. The zero-order valence-electron chi connectivity index (χ0n) is 15.1. The summed E-state index contributed by atoms with van der Waals surface area (Å²) in [4.78, 5) is 33.7. The van der Waals surface area contributed by atoms with Crippen LogP contribution in [0.5, 0.6) is 0 Å². The number of hydrogen-bond donors (Lipinski definition) is 1. The van der Waals surface area contributed by atoms with Crippen molar-refractivity contribution in [3.05, 3.63) is 50.3 Å². The number of nitrogens with one attached hydrogen (secondary N) is 1. The van der Waals surface area contributed by atoms with E-state index in [9.17, 15) is 9.59 Å². The maximum atomic E-state index is 12.7. The molecule has 26 heavy (non-hydrogen) atoms. The molecule has 2 heterocycles. The Morgan fingerprint density at radius 1 is 1.42 bits per heavy atom. The first kappa shape index (κ1) is 18.3. The Morgan fingerprint density at radius 2 is 2.23 bits per heavy atom. The van der Waals surface area contributed by atoms with Crippen molar-refractivity contribution >= 4 is 28.3 Å². The molecule has 2 aromatic heterocycles. The van der Waals surface area contributed by atoms with E-state index in [-0.39, 0.29) is 11.6 Å². The molecule has 3 rings (SSSR count). The molecule has 0 fully saturated rings. The van der Waals surface area contributed by atoms with Crippen LogP contribution in [-0.2, 0) is 17.8 Å². The second-order valence-corrected chi connectivity index (χ2v) is 7.00. The first-order valence-electron chi connectivity index (χ1n) is 8.46. The van der Waals surface area contributed by atoms with Crippen molar-refractivity contribution in [2.75, 3.05) is 20.3 Å². The van der Waals surface area contributed by atoms with Gasteiger partial charge in [0.15, 0.2) is 0 Å². The number of ether oxygens (including phenoxy) is 1. The molecule has 0 unspecified atom stereocenters. The molecule has 8 heteroatoms. The van der Waals surface area contributed by atoms with Crippen molar-refractivity contribution in [1.82, 2.24) is 19.4 Å². The highest BCUT2D eigenvalue weighted by atomic mass is 32.1. The minimum Gasteiger partial charge on any atom is -0.380 e. The average Bonchev–Trinajstić information content (AvgIpc) is 3.16. The van der Waals surface area contributed by atoms with E-state index in [1.807, 2.05) is 19.2 Å². The highest BCUT2D eigenvalue weighted by molar-refractivity contribution is 7.09. The van der Waals surface area contributed by atoms with Gasteiger partial charge in [-0.1, -0.05) is 0 Å². The second kappa shape index (κ2) is 7.84. The highest BCUT2D eigenvalue weighted by Crippen LogP contribution is 2.16. The van der Waals surface area contributed by atoms with E-state index < -0.39 is 0 Å². The number of imidazole rings is 1. The molecule has 0 bridgehead atoms. The third kappa shape index (κ3) is 3.86. The third-order valence-corrected chi connectivity index (χ3v) is 5.02. The van der Waals surface area contributed by atoms with Gasteiger partial charge in [0.1, 0.15) is 5.01 Å². The molecule has 0 aliphatic heterocycles. The van der Waals surface area contributed by atoms with Crippen LogP contribution in [0.4, 0.5) is 0 Å². The van der Waals surface area contributed by atoms with Crippen molar-refractivity contribution < 1.29 is 9.53 Å². The maximum absolute atomic E-state index is 12.7. The fraction of sp³-hybridized carbons (Fsp3) is 0.389. The van der Waals surface area contributed by atoms with E-state index >= 15 is 0 Å². The van der Waals surface area contributed by atoms with Crippen LogP contribution in [0.1, 0.15) is 28.0 Å². The van der Waals surface area contributed by atoms with Crippen LogP contribution in [0.3, 0.4) is 0 Å². The number of carbonyl (C=O) groups is 1. The number of benzene rings is 1. The summed E-state index contributed by atoms with van der Waals surface area (Å²) in [5.41, 5.74) is 2.71. The van der Waals surface area contributed by atoms with Gasteiger partial charge in [-0.25, -0.2) is 9.78 Å². The molecule has 1 amide bonds. The molecule has 0 radical (unpaired) electrons. The second-order valence-electron chi connectivity index (χ2n) is 6.05. The number of hydrogen-bond acceptors (Lipinski definition) is 5. The van der Waals surface area contributed by atoms with Gasteiger partial charge in [-0.2, -0.15) is 0 Å². The first-order valence-corrected chi connectivity index (χ1v) is 9.34. The molecule has 0 spiro atoms. The number of thiazole rings is 1. The highest BCUT2D eigenvalue weighted by Gasteiger charge is 2.16. The van der Waals surface area contributed by atoms with Gasteiger partial charge in [0, 0.05) is 30.3 Å². The lowest BCUT2D eigenvalue weighted by Crippen LogP contribution is -2.26. The van der Waals surface area contributed by atoms with Gasteiger partial charge < -0.3 is 14.6 Å². The molecule has 0 saturated heterocycles. The van der Waals surface area contributed by atoms with Gasteiger partial charge in [-0.3, -0.25) is 9.36 Å². The summed E-state index contributed by atoms with van der Waals surface area (Å²) in [6.07, 6.45) is 0. The minimum absolute atomic E-state index is 0.109. The van der Waals surface area contributed by atoms with E-state index in [4.69, 9.17) is 4.74 Å². The Bertz CT molecular complexity index is 972. The Hall–Kier alpha value is -2.45. The lowest BCUT2D eigenvalue weighted by atomic mass is 10.1. The van der Waals surface area contributed by atoms with Crippen LogP contribution in [0.25, 0.3) is 11.0 Å². The quantitative estimate of drug-likeness (QED) is 0.644. The zero-order chi connectivity index (χ0) is 18.7. The lowest BCUT2D eigenvalue weighted by molar-refractivity contribution is 0.0785. The standard InChI is InChI=1S/C18H22N4O3S/c1-4-25-8-7-22-15-6-5-13(9-14(15)20-18(22)24)17(23)21(3)10-16-19-12(2)11-26-16/h5-6,9,11H,4,7-8,10H2,1-3H3,(H,20,24). The van der Waals surface area contributed by atoms with Crippen molar-refractivity contribution in [3.8, 4) is 0 Å².